The molecule has 9 unspecified atom stereocenters. The maximum absolute atomic E-state index is 9.77. The lowest BCUT2D eigenvalue weighted by Crippen LogP contribution is -2.30. The lowest BCUT2D eigenvalue weighted by atomic mass is 9.88. The zero-order valence-electron chi connectivity index (χ0n) is 86.8. The normalized spacial score (nSPS) is 19.0. The summed E-state index contributed by atoms with van der Waals surface area (Å²) in [7, 11) is 3.31. The highest BCUT2D eigenvalue weighted by atomic mass is 16.5. The first-order valence-corrected chi connectivity index (χ1v) is 48.0. The Labute approximate surface area is 844 Å². The average molecular weight is 1910 g/mol. The van der Waals surface area contributed by atoms with Crippen molar-refractivity contribution >= 4 is 0 Å². The number of aliphatic hydroxyl groups excluding tert-OH is 2. The van der Waals surface area contributed by atoms with Crippen LogP contribution < -0.4 is 0 Å². The van der Waals surface area contributed by atoms with E-state index < -0.39 is 6.23 Å². The summed E-state index contributed by atoms with van der Waals surface area (Å²) >= 11 is 0. The van der Waals surface area contributed by atoms with Gasteiger partial charge in [0, 0.05) is 132 Å². The second-order valence-electron chi connectivity index (χ2n) is 35.6. The molecule has 7 fully saturated rings. The summed E-state index contributed by atoms with van der Waals surface area (Å²) in [5.41, 5.74) is 11.3. The minimum atomic E-state index is -0.589. The van der Waals surface area contributed by atoms with E-state index in [4.69, 9.17) is 83.1 Å². The van der Waals surface area contributed by atoms with Crippen molar-refractivity contribution in [1.82, 2.24) is 34.3 Å². The predicted octanol–water partition coefficient (Wildman–Crippen LogP) is 19.6. The minimum Gasteiger partial charge on any atom is -0.391 e. The zero-order valence-corrected chi connectivity index (χ0v) is 86.8. The van der Waals surface area contributed by atoms with Crippen LogP contribution in [-0.2, 0) is 9.47 Å². The molecule has 0 spiro atoms. The van der Waals surface area contributed by atoms with Gasteiger partial charge in [-0.05, 0) is 237 Å². The van der Waals surface area contributed by atoms with E-state index in [0.717, 1.165) is 144 Å². The number of aliphatic hydroxyl groups is 2. The molecule has 7 heterocycles. The number of likely N-dealkylation sites (tertiary alicyclic amines) is 7. The standard InChI is InChI=1S/2C21H30N4.2C14H16N4O.C14H16N4.2C13H14N4O/c1-5-7-9-18(6-2)12-20-10-8-11-25(20)17(4)21(15-24)16(3)19(13-22)14-23;1-5-7-8-18(6-2)11-19-9-10-25(15-19)17(4)21(14-24)16(3)20(12-22)13-23;1-10(12(6-15)7-16)14(8-17)11(2)18-5-4-13(9-18)19-3;1-10(12(7-15)8-16)13(9-17)11(2)18-6-4-5-14(18)19-3;1-10-4-5-18(9-10)12(3)14(8-17)11(2)13(6-15)7-16;1-9(11(5-14)6-15)13(7-16)10(2)17-4-3-12(18)8-17;1-9(11(6-14)7-15)12(8-16)10(2)17-5-3-4-13(17)18/h18,20H,5-12H2,1-4H3;18-19H,5-11,15H2,1-4H3;13H,4-5,9H2,1-3H3;14H,4-6H2,1-3H3;10H,4-5,9H2,1-3H3;12,18H,3-4,8H2,1-2H3;13,18H,3-5H2,1-2H3/b2*21-17+;14-11+;13-11+;14-12+;13-10+;12-10+. The van der Waals surface area contributed by atoms with Gasteiger partial charge in [-0.25, -0.2) is 0 Å². The molecule has 0 bridgehead atoms. The van der Waals surface area contributed by atoms with E-state index in [1.165, 1.54) is 64.2 Å². The largest absolute Gasteiger partial charge is 0.391 e. The van der Waals surface area contributed by atoms with E-state index in [2.05, 4.69) is 84.6 Å². The van der Waals surface area contributed by atoms with E-state index in [0.29, 0.717) is 134 Å². The molecule has 7 saturated heterocycles. The number of nitriles is 21. The van der Waals surface area contributed by atoms with Gasteiger partial charge in [0.25, 0.3) is 0 Å². The van der Waals surface area contributed by atoms with Gasteiger partial charge in [-0.2, -0.15) is 110 Å². The summed E-state index contributed by atoms with van der Waals surface area (Å²) in [6.07, 6.45) is 21.3. The van der Waals surface area contributed by atoms with Crippen LogP contribution >= 0.6 is 0 Å². The Kier molecular flexibility index (Phi) is 58.2. The van der Waals surface area contributed by atoms with Crippen LogP contribution in [0.4, 0.5) is 0 Å². The second kappa shape index (κ2) is 66.6. The molecular formula is C110H136N28O4. The molecule has 142 heavy (non-hydrogen) atoms. The Morgan fingerprint density at radius 3 is 0.880 bits per heavy atom. The minimum absolute atomic E-state index is 0.0122. The quantitative estimate of drug-likeness (QED) is 0.0542. The van der Waals surface area contributed by atoms with Crippen LogP contribution in [0.2, 0.25) is 0 Å². The topological polar surface area (TPSA) is 581 Å². The first-order valence-electron chi connectivity index (χ1n) is 48.0. The molecule has 0 radical (unpaired) electrons. The number of rotatable bonds is 28. The van der Waals surface area contributed by atoms with Crippen molar-refractivity contribution in [3.05, 3.63) is 157 Å². The van der Waals surface area contributed by atoms with E-state index in [1.54, 1.807) is 106 Å². The Hall–Kier alpha value is -15.9. The summed E-state index contributed by atoms with van der Waals surface area (Å²) < 4.78 is 10.7. The highest BCUT2D eigenvalue weighted by molar-refractivity contribution is 5.60. The second-order valence-corrected chi connectivity index (χ2v) is 35.6. The van der Waals surface area contributed by atoms with Crippen LogP contribution in [-0.4, -0.2) is 161 Å². The molecule has 32 nitrogen and oxygen atoms in total. The van der Waals surface area contributed by atoms with Crippen molar-refractivity contribution < 1.29 is 19.7 Å². The van der Waals surface area contributed by atoms with Crippen LogP contribution in [0.5, 0.6) is 0 Å². The Morgan fingerprint density at radius 2 is 0.585 bits per heavy atom. The molecule has 7 aliphatic heterocycles. The number of unbranched alkanes of at least 4 members (excludes halogenated alkanes) is 2. The van der Waals surface area contributed by atoms with Gasteiger partial charge in [0.1, 0.15) is 179 Å². The van der Waals surface area contributed by atoms with Crippen molar-refractivity contribution in [2.75, 3.05) is 86.2 Å². The summed E-state index contributed by atoms with van der Waals surface area (Å²) in [5, 5.41) is 209. The molecule has 32 heteroatoms. The first kappa shape index (κ1) is 124. The Bertz CT molecular complexity index is 5740. The van der Waals surface area contributed by atoms with Crippen LogP contribution in [0.3, 0.4) is 0 Å². The Morgan fingerprint density at radius 1 is 0.296 bits per heavy atom. The summed E-state index contributed by atoms with van der Waals surface area (Å²) in [5.74, 6) is 2.83. The summed E-state index contributed by atoms with van der Waals surface area (Å²) in [6.45, 7) is 44.6. The Balaban J connectivity index is 0.000000832. The number of allylic oxidation sites excluding steroid dienone is 28. The highest BCUT2D eigenvalue weighted by Crippen LogP contribution is 2.37. The van der Waals surface area contributed by atoms with Crippen molar-refractivity contribution in [2.24, 2.45) is 23.7 Å². The number of hydrogen-bond donors (Lipinski definition) is 2. The predicted molar refractivity (Wildman–Crippen MR) is 534 cm³/mol. The highest BCUT2D eigenvalue weighted by Gasteiger charge is 2.34. The van der Waals surface area contributed by atoms with Crippen LogP contribution in [0.1, 0.15) is 260 Å². The maximum Gasteiger partial charge on any atom is 0.133 e. The van der Waals surface area contributed by atoms with Crippen molar-refractivity contribution in [3.8, 4) is 127 Å². The van der Waals surface area contributed by atoms with Gasteiger partial charge in [-0.1, -0.05) is 86.0 Å². The molecule has 0 aromatic carbocycles. The third-order valence-electron chi connectivity index (χ3n) is 27.1. The number of β-amino-alcohol motifs (C(OH)–C–C–N with tert-alkyl or cyclic N) is 1. The van der Waals surface area contributed by atoms with Crippen LogP contribution in [0.25, 0.3) is 0 Å². The van der Waals surface area contributed by atoms with Gasteiger partial charge in [-0.3, -0.25) is 0 Å². The third-order valence-corrected chi connectivity index (χ3v) is 27.1. The summed E-state index contributed by atoms with van der Waals surface area (Å²) in [4.78, 5) is 14.4. The molecule has 2 N–H and O–H groups in total. The summed E-state index contributed by atoms with van der Waals surface area (Å²) in [6, 6.07) is 40.9. The molecule has 740 valence electrons. The average Bonchev–Trinajstić information content (AvgIpc) is 1.62. The fourth-order valence-corrected chi connectivity index (χ4v) is 18.0. The van der Waals surface area contributed by atoms with Crippen LogP contribution in [0, 0.1) is 262 Å². The first-order chi connectivity index (χ1) is 67.9. The van der Waals surface area contributed by atoms with Gasteiger partial charge in [0.2, 0.25) is 0 Å². The van der Waals surface area contributed by atoms with Crippen molar-refractivity contribution in [3.63, 3.8) is 0 Å². The van der Waals surface area contributed by atoms with Gasteiger partial charge in [0.05, 0.1) is 51.2 Å². The fraction of sp³-hybridized carbons (Fsp3) is 0.555. The van der Waals surface area contributed by atoms with E-state index in [9.17, 15) is 47.0 Å². The monoisotopic (exact) mass is 1910 g/mol. The van der Waals surface area contributed by atoms with E-state index in [1.807, 2.05) is 117 Å². The zero-order chi connectivity index (χ0) is 108. The van der Waals surface area contributed by atoms with Crippen LogP contribution in [0.15, 0.2) is 157 Å². The molecule has 0 aliphatic carbocycles. The third kappa shape index (κ3) is 36.1. The molecule has 0 aromatic rings. The van der Waals surface area contributed by atoms with Crippen molar-refractivity contribution in [1.29, 1.82) is 110 Å². The molecule has 7 rings (SSSR count). The van der Waals surface area contributed by atoms with Gasteiger partial charge in [0.15, 0.2) is 0 Å². The number of hydrogen-bond acceptors (Lipinski definition) is 32. The number of nitrogens with zero attached hydrogens (tertiary/aromatic N) is 28. The molecular weight excluding hydrogens is 1780 g/mol. The number of ether oxygens (including phenoxy) is 2. The van der Waals surface area contributed by atoms with Crippen molar-refractivity contribution in [2.45, 2.75) is 291 Å². The van der Waals surface area contributed by atoms with E-state index >= 15 is 0 Å². The number of methoxy groups -OCH3 is 2. The van der Waals surface area contributed by atoms with Gasteiger partial charge >= 0.3 is 0 Å². The lowest BCUT2D eigenvalue weighted by molar-refractivity contribution is 0.0151. The molecule has 7 aliphatic rings. The van der Waals surface area contributed by atoms with Gasteiger partial charge in [-0.15, -0.1) is 0 Å². The SMILES string of the molecule is CC(=C(C#N)C#N)/C(C#N)=C(\C)N1CCC(C)C1.CC(=C(C#N)C#N)/C(C#N)=C(\C)N1CCC(O)C1.CC(=C(C#N)C#N)/C(C#N)=C(\C)N1CCCC1O.CCCCC(CC)CC1CCCN1/C(C)=C(\C#N)C(C)=C(C#N)C#N.CCCCC(CC)CC1CCN(/C(C)=C(\C#N)C(C)=C(C#N)C#N)C1.COC1CCCN1/C(C)=C(\C#N)C(C)=C(C#N)C#N.COC1CCN(/C(C)=C(\C#N)C(C)=C(C#N)C#N)C1. The van der Waals surface area contributed by atoms with Gasteiger partial charge < -0.3 is 54.0 Å². The fourth-order valence-electron chi connectivity index (χ4n) is 18.0. The van der Waals surface area contributed by atoms with E-state index in [-0.39, 0.29) is 63.0 Å². The molecule has 0 saturated carbocycles. The molecule has 9 atom stereocenters. The smallest absolute Gasteiger partial charge is 0.133 e. The molecule has 0 aromatic heterocycles. The molecule has 0 amide bonds. The lowest BCUT2D eigenvalue weighted by Gasteiger charge is -2.31. The maximum atomic E-state index is 9.77.